The van der Waals surface area contributed by atoms with E-state index in [4.69, 9.17) is 5.73 Å². The zero-order valence-electron chi connectivity index (χ0n) is 9.47. The molecule has 0 unspecified atom stereocenters. The van der Waals surface area contributed by atoms with Crippen LogP contribution in [0.3, 0.4) is 0 Å². The van der Waals surface area contributed by atoms with Crippen LogP contribution in [0.25, 0.3) is 0 Å². The van der Waals surface area contributed by atoms with E-state index in [9.17, 15) is 4.79 Å². The summed E-state index contributed by atoms with van der Waals surface area (Å²) in [6.07, 6.45) is 2.50. The molecule has 2 aromatic rings. The number of carbonyl (C=O) groups excluding carboxylic acids is 1. The van der Waals surface area contributed by atoms with Crippen LogP contribution in [0.1, 0.15) is 12.6 Å². The molecule has 0 spiro atoms. The highest BCUT2D eigenvalue weighted by molar-refractivity contribution is 5.89. The lowest BCUT2D eigenvalue weighted by molar-refractivity contribution is -0.116. The lowest BCUT2D eigenvalue weighted by atomic mass is 10.3. The van der Waals surface area contributed by atoms with Crippen molar-refractivity contribution in [3.8, 4) is 0 Å². The molecule has 0 aliphatic carbocycles. The van der Waals surface area contributed by atoms with Gasteiger partial charge < -0.3 is 11.1 Å². The van der Waals surface area contributed by atoms with Crippen LogP contribution in [-0.2, 0) is 17.8 Å². The number of nitrogens with zero attached hydrogens (tertiary/aromatic N) is 3. The van der Waals surface area contributed by atoms with Crippen LogP contribution in [0.5, 0.6) is 0 Å². The van der Waals surface area contributed by atoms with Crippen molar-refractivity contribution in [1.82, 2.24) is 20.0 Å². The summed E-state index contributed by atoms with van der Waals surface area (Å²) in [5.74, 6) is 0.722. The largest absolute Gasteiger partial charge is 0.382 e. The molecule has 0 aromatic carbocycles. The maximum absolute atomic E-state index is 11.6. The molecule has 0 atom stereocenters. The second-order valence-corrected chi connectivity index (χ2v) is 3.62. The quantitative estimate of drug-likeness (QED) is 0.712. The molecule has 0 radical (unpaired) electrons. The van der Waals surface area contributed by atoms with Gasteiger partial charge in [0.05, 0.1) is 0 Å². The summed E-state index contributed by atoms with van der Waals surface area (Å²) in [5.41, 5.74) is 6.42. The number of rotatable bonds is 4. The molecular formula is C10H14N6O. The second kappa shape index (κ2) is 4.69. The molecule has 0 bridgehead atoms. The first-order chi connectivity index (χ1) is 8.17. The van der Waals surface area contributed by atoms with E-state index in [2.05, 4.69) is 20.6 Å². The Bertz CT molecular complexity index is 514. The molecule has 7 heteroatoms. The number of amides is 1. The maximum Gasteiger partial charge on any atom is 0.247 e. The van der Waals surface area contributed by atoms with Gasteiger partial charge in [-0.1, -0.05) is 6.92 Å². The molecule has 2 rings (SSSR count). The van der Waals surface area contributed by atoms with Gasteiger partial charge in [0.15, 0.2) is 5.82 Å². The number of aromatic nitrogens is 4. The second-order valence-electron chi connectivity index (χ2n) is 3.62. The van der Waals surface area contributed by atoms with E-state index in [0.29, 0.717) is 11.6 Å². The maximum atomic E-state index is 11.6. The molecular weight excluding hydrogens is 220 g/mol. The van der Waals surface area contributed by atoms with Gasteiger partial charge in [-0.05, 0) is 12.5 Å². The lowest BCUT2D eigenvalue weighted by Gasteiger charge is -2.01. The number of anilines is 2. The molecule has 0 fully saturated rings. The number of aryl methyl sites for hydroxylation is 1. The Morgan fingerprint density at radius 2 is 2.47 bits per heavy atom. The van der Waals surface area contributed by atoms with E-state index in [-0.39, 0.29) is 12.5 Å². The van der Waals surface area contributed by atoms with E-state index < -0.39 is 0 Å². The molecule has 90 valence electrons. The fourth-order valence-electron chi connectivity index (χ4n) is 1.40. The highest BCUT2D eigenvalue weighted by atomic mass is 16.2. The van der Waals surface area contributed by atoms with Crippen LogP contribution in [0.15, 0.2) is 18.3 Å². The SMILES string of the molecule is CCc1cc(NC(=O)Cn2ccc(N)n2)n[nH]1. The molecule has 0 saturated carbocycles. The third-order valence-electron chi connectivity index (χ3n) is 2.25. The van der Waals surface area contributed by atoms with Gasteiger partial charge in [0.1, 0.15) is 12.4 Å². The van der Waals surface area contributed by atoms with Crippen molar-refractivity contribution >= 4 is 17.5 Å². The first-order valence-corrected chi connectivity index (χ1v) is 5.30. The van der Waals surface area contributed by atoms with E-state index in [1.807, 2.05) is 6.92 Å². The smallest absolute Gasteiger partial charge is 0.247 e. The zero-order valence-corrected chi connectivity index (χ0v) is 9.47. The van der Waals surface area contributed by atoms with Crippen molar-refractivity contribution in [1.29, 1.82) is 0 Å². The molecule has 0 aliphatic heterocycles. The highest BCUT2D eigenvalue weighted by Crippen LogP contribution is 2.05. The molecule has 7 nitrogen and oxygen atoms in total. The van der Waals surface area contributed by atoms with E-state index >= 15 is 0 Å². The summed E-state index contributed by atoms with van der Waals surface area (Å²) >= 11 is 0. The summed E-state index contributed by atoms with van der Waals surface area (Å²) in [5, 5.41) is 13.4. The predicted octanol–water partition coefficient (Wildman–Crippen LogP) is 0.389. The van der Waals surface area contributed by atoms with Crippen molar-refractivity contribution in [3.63, 3.8) is 0 Å². The molecule has 2 heterocycles. The fraction of sp³-hybridized carbons (Fsp3) is 0.300. The first kappa shape index (κ1) is 11.2. The third kappa shape index (κ3) is 2.83. The van der Waals surface area contributed by atoms with Gasteiger partial charge in [0, 0.05) is 18.0 Å². The number of hydrogen-bond donors (Lipinski definition) is 3. The number of H-pyrrole nitrogens is 1. The van der Waals surface area contributed by atoms with Crippen LogP contribution in [0, 0.1) is 0 Å². The number of nitrogens with one attached hydrogen (secondary N) is 2. The Labute approximate surface area is 98.0 Å². The Kier molecular flexibility index (Phi) is 3.08. The van der Waals surface area contributed by atoms with Gasteiger partial charge in [-0.15, -0.1) is 0 Å². The van der Waals surface area contributed by atoms with E-state index in [1.165, 1.54) is 4.68 Å². The molecule has 0 saturated heterocycles. The van der Waals surface area contributed by atoms with Crippen LogP contribution in [0.4, 0.5) is 11.6 Å². The van der Waals surface area contributed by atoms with Gasteiger partial charge in [-0.3, -0.25) is 14.6 Å². The minimum absolute atomic E-state index is 0.117. The number of aromatic amines is 1. The summed E-state index contributed by atoms with van der Waals surface area (Å²) < 4.78 is 1.47. The van der Waals surface area contributed by atoms with E-state index in [1.54, 1.807) is 18.3 Å². The topological polar surface area (TPSA) is 102 Å². The van der Waals surface area contributed by atoms with Gasteiger partial charge in [-0.25, -0.2) is 0 Å². The lowest BCUT2D eigenvalue weighted by Crippen LogP contribution is -2.19. The molecule has 0 aliphatic rings. The summed E-state index contributed by atoms with van der Waals surface area (Å²) in [7, 11) is 0. The van der Waals surface area contributed by atoms with Crippen LogP contribution in [-0.4, -0.2) is 25.9 Å². The van der Waals surface area contributed by atoms with Crippen LogP contribution >= 0.6 is 0 Å². The minimum Gasteiger partial charge on any atom is -0.382 e. The standard InChI is InChI=1S/C10H14N6O/c1-2-7-5-9(14-13-7)12-10(17)6-16-4-3-8(11)15-16/h3-5H,2,6H2,1H3,(H2,11,15)(H2,12,13,14,17). The molecule has 1 amide bonds. The molecule has 17 heavy (non-hydrogen) atoms. The van der Waals surface area contributed by atoms with Gasteiger partial charge in [-0.2, -0.15) is 10.2 Å². The van der Waals surface area contributed by atoms with Crippen LogP contribution in [0.2, 0.25) is 0 Å². The molecule has 2 aromatic heterocycles. The van der Waals surface area contributed by atoms with Gasteiger partial charge >= 0.3 is 0 Å². The third-order valence-corrected chi connectivity index (χ3v) is 2.25. The van der Waals surface area contributed by atoms with E-state index in [0.717, 1.165) is 12.1 Å². The predicted molar refractivity (Wildman–Crippen MR) is 63.2 cm³/mol. The van der Waals surface area contributed by atoms with Crippen LogP contribution < -0.4 is 11.1 Å². The Morgan fingerprint density at radius 3 is 3.06 bits per heavy atom. The Morgan fingerprint density at radius 1 is 1.65 bits per heavy atom. The Hall–Kier alpha value is -2.31. The minimum atomic E-state index is -0.192. The van der Waals surface area contributed by atoms with Gasteiger partial charge in [0.2, 0.25) is 5.91 Å². The highest BCUT2D eigenvalue weighted by Gasteiger charge is 2.06. The zero-order chi connectivity index (χ0) is 12.3. The summed E-state index contributed by atoms with van der Waals surface area (Å²) in [4.78, 5) is 11.6. The number of hydrogen-bond acceptors (Lipinski definition) is 4. The van der Waals surface area contributed by atoms with Crippen molar-refractivity contribution in [3.05, 3.63) is 24.0 Å². The average Bonchev–Trinajstić information content (AvgIpc) is 2.88. The van der Waals surface area contributed by atoms with Crippen molar-refractivity contribution in [2.24, 2.45) is 0 Å². The van der Waals surface area contributed by atoms with Crippen molar-refractivity contribution < 1.29 is 4.79 Å². The summed E-state index contributed by atoms with van der Waals surface area (Å²) in [6, 6.07) is 3.44. The van der Waals surface area contributed by atoms with Crippen molar-refractivity contribution in [2.45, 2.75) is 19.9 Å². The normalized spacial score (nSPS) is 10.4. The fourth-order valence-corrected chi connectivity index (χ4v) is 1.40. The summed E-state index contributed by atoms with van der Waals surface area (Å²) in [6.45, 7) is 2.12. The average molecular weight is 234 g/mol. The first-order valence-electron chi connectivity index (χ1n) is 5.30. The number of carbonyl (C=O) groups is 1. The number of nitrogens with two attached hydrogens (primary N) is 1. The van der Waals surface area contributed by atoms with Crippen molar-refractivity contribution in [2.75, 3.05) is 11.1 Å². The molecule has 4 N–H and O–H groups in total. The van der Waals surface area contributed by atoms with Gasteiger partial charge in [0.25, 0.3) is 0 Å². The number of nitrogen functional groups attached to an aromatic ring is 1. The Balaban J connectivity index is 1.93. The monoisotopic (exact) mass is 234 g/mol.